The summed E-state index contributed by atoms with van der Waals surface area (Å²) in [5, 5.41) is 16.6. The predicted octanol–water partition coefficient (Wildman–Crippen LogP) is 6.88. The summed E-state index contributed by atoms with van der Waals surface area (Å²) in [5.74, 6) is -0.0318. The first-order valence-corrected chi connectivity index (χ1v) is 12.7. The standard InChI is InChI=1S/C31H20F3N5O3/c32-31(33,34)23-7-5-6-21(16-23)29-36-27-10-3-1-9-26(27)30(40)38(29)35-17-22-19-37(28-11-4-2-8-25(22)28)18-20-12-14-24(15-13-20)39(41)42/h1-17,19H,18H2. The molecule has 2 heterocycles. The molecule has 6 aromatic rings. The van der Waals surface area contributed by atoms with Gasteiger partial charge in [0, 0.05) is 46.9 Å². The van der Waals surface area contributed by atoms with Crippen molar-refractivity contribution in [3.8, 4) is 11.4 Å². The number of fused-ring (bicyclic) bond motifs is 2. The Hall–Kier alpha value is -5.58. The van der Waals surface area contributed by atoms with Gasteiger partial charge >= 0.3 is 6.18 Å². The Kier molecular flexibility index (Phi) is 6.62. The number of para-hydroxylation sites is 2. The number of nitro groups is 1. The van der Waals surface area contributed by atoms with Crippen LogP contribution in [0.1, 0.15) is 16.7 Å². The minimum absolute atomic E-state index is 0.00468. The molecule has 0 fully saturated rings. The Balaban J connectivity index is 1.46. The molecule has 42 heavy (non-hydrogen) atoms. The van der Waals surface area contributed by atoms with Gasteiger partial charge in [-0.25, -0.2) is 4.98 Å². The fourth-order valence-electron chi connectivity index (χ4n) is 4.80. The van der Waals surface area contributed by atoms with E-state index in [0.29, 0.717) is 17.6 Å². The van der Waals surface area contributed by atoms with Crippen LogP contribution in [0.2, 0.25) is 0 Å². The average molecular weight is 568 g/mol. The van der Waals surface area contributed by atoms with E-state index in [4.69, 9.17) is 0 Å². The third-order valence-electron chi connectivity index (χ3n) is 6.83. The number of alkyl halides is 3. The lowest BCUT2D eigenvalue weighted by molar-refractivity contribution is -0.384. The molecule has 0 aliphatic rings. The summed E-state index contributed by atoms with van der Waals surface area (Å²) in [5.41, 5.74) is 1.38. The number of hydrogen-bond acceptors (Lipinski definition) is 5. The highest BCUT2D eigenvalue weighted by atomic mass is 19.4. The number of halogens is 3. The zero-order valence-electron chi connectivity index (χ0n) is 21.7. The van der Waals surface area contributed by atoms with E-state index in [2.05, 4.69) is 10.1 Å². The highest BCUT2D eigenvalue weighted by Gasteiger charge is 2.31. The zero-order chi connectivity index (χ0) is 29.4. The number of nitrogens with zero attached hydrogens (tertiary/aromatic N) is 5. The minimum Gasteiger partial charge on any atom is -0.342 e. The van der Waals surface area contributed by atoms with Crippen molar-refractivity contribution in [3.05, 3.63) is 140 Å². The molecule has 8 nitrogen and oxygen atoms in total. The Morgan fingerprint density at radius 1 is 0.905 bits per heavy atom. The number of hydrogen-bond donors (Lipinski definition) is 0. The summed E-state index contributed by atoms with van der Waals surface area (Å²) >= 11 is 0. The summed E-state index contributed by atoms with van der Waals surface area (Å²) in [4.78, 5) is 28.6. The molecule has 208 valence electrons. The SMILES string of the molecule is O=c1c2ccccc2nc(-c2cccc(C(F)(F)F)c2)n1N=Cc1cn(Cc2ccc([N+](=O)[O-])cc2)c2ccccc12. The predicted molar refractivity (Wildman–Crippen MR) is 154 cm³/mol. The first-order chi connectivity index (χ1) is 20.2. The maximum absolute atomic E-state index is 13.5. The van der Waals surface area contributed by atoms with Crippen LogP contribution in [-0.4, -0.2) is 25.4 Å². The van der Waals surface area contributed by atoms with E-state index >= 15 is 0 Å². The van der Waals surface area contributed by atoms with Crippen LogP contribution in [0, 0.1) is 10.1 Å². The fourth-order valence-corrected chi connectivity index (χ4v) is 4.80. The third kappa shape index (κ3) is 5.03. The molecule has 2 aromatic heterocycles. The van der Waals surface area contributed by atoms with E-state index in [-0.39, 0.29) is 22.5 Å². The molecule has 6 rings (SSSR count). The Morgan fingerprint density at radius 2 is 1.62 bits per heavy atom. The maximum atomic E-state index is 13.5. The second-order valence-corrected chi connectivity index (χ2v) is 9.55. The van der Waals surface area contributed by atoms with Gasteiger partial charge in [-0.15, -0.1) is 0 Å². The first-order valence-electron chi connectivity index (χ1n) is 12.7. The third-order valence-corrected chi connectivity index (χ3v) is 6.83. The van der Waals surface area contributed by atoms with Crippen LogP contribution >= 0.6 is 0 Å². The molecule has 0 spiro atoms. The average Bonchev–Trinajstić information content (AvgIpc) is 3.33. The number of rotatable bonds is 6. The quantitative estimate of drug-likeness (QED) is 0.125. The van der Waals surface area contributed by atoms with E-state index in [1.807, 2.05) is 35.0 Å². The number of nitro benzene ring substituents is 1. The largest absolute Gasteiger partial charge is 0.416 e. The molecule has 0 saturated carbocycles. The smallest absolute Gasteiger partial charge is 0.342 e. The molecular weight excluding hydrogens is 547 g/mol. The molecule has 0 atom stereocenters. The van der Waals surface area contributed by atoms with E-state index in [1.165, 1.54) is 30.5 Å². The highest BCUT2D eigenvalue weighted by molar-refractivity contribution is 5.99. The summed E-state index contributed by atoms with van der Waals surface area (Å²) in [6, 6.07) is 25.0. The van der Waals surface area contributed by atoms with Crippen LogP contribution in [-0.2, 0) is 12.7 Å². The first kappa shape index (κ1) is 26.6. The lowest BCUT2D eigenvalue weighted by Crippen LogP contribution is -2.20. The lowest BCUT2D eigenvalue weighted by Gasteiger charge is -2.12. The van der Waals surface area contributed by atoms with Gasteiger partial charge < -0.3 is 4.57 Å². The molecule has 4 aromatic carbocycles. The van der Waals surface area contributed by atoms with Crippen LogP contribution in [0.15, 0.2) is 113 Å². The van der Waals surface area contributed by atoms with Gasteiger partial charge in [0.05, 0.1) is 27.6 Å². The molecule has 0 N–H and O–H groups in total. The molecule has 0 saturated heterocycles. The van der Waals surface area contributed by atoms with Crippen molar-refractivity contribution in [1.29, 1.82) is 0 Å². The van der Waals surface area contributed by atoms with Crippen molar-refractivity contribution in [3.63, 3.8) is 0 Å². The van der Waals surface area contributed by atoms with Gasteiger partial charge in [-0.2, -0.15) is 22.9 Å². The second kappa shape index (κ2) is 10.4. The van der Waals surface area contributed by atoms with Crippen molar-refractivity contribution in [1.82, 2.24) is 14.2 Å². The lowest BCUT2D eigenvalue weighted by atomic mass is 10.1. The van der Waals surface area contributed by atoms with Crippen LogP contribution in [0.25, 0.3) is 33.2 Å². The number of aromatic nitrogens is 3. The normalized spacial score (nSPS) is 12.0. The monoisotopic (exact) mass is 567 g/mol. The Labute approximate surface area is 235 Å². The van der Waals surface area contributed by atoms with Gasteiger partial charge in [0.15, 0.2) is 5.82 Å². The van der Waals surface area contributed by atoms with Crippen LogP contribution in [0.5, 0.6) is 0 Å². The molecule has 0 amide bonds. The minimum atomic E-state index is -4.58. The fraction of sp³-hybridized carbons (Fsp3) is 0.0645. The molecule has 0 bridgehead atoms. The van der Waals surface area contributed by atoms with E-state index in [0.717, 1.165) is 33.3 Å². The topological polar surface area (TPSA) is 95.3 Å². The van der Waals surface area contributed by atoms with Gasteiger partial charge in [-0.3, -0.25) is 14.9 Å². The van der Waals surface area contributed by atoms with Crippen molar-refractivity contribution in [2.45, 2.75) is 12.7 Å². The summed E-state index contributed by atoms with van der Waals surface area (Å²) in [7, 11) is 0. The van der Waals surface area contributed by atoms with E-state index in [1.54, 1.807) is 36.4 Å². The van der Waals surface area contributed by atoms with Crippen molar-refractivity contribution in [2.75, 3.05) is 0 Å². The second-order valence-electron chi connectivity index (χ2n) is 9.55. The van der Waals surface area contributed by atoms with Crippen LogP contribution in [0.4, 0.5) is 18.9 Å². The number of non-ortho nitro benzene ring substituents is 1. The van der Waals surface area contributed by atoms with E-state index in [9.17, 15) is 28.1 Å². The van der Waals surface area contributed by atoms with Crippen LogP contribution in [0.3, 0.4) is 0 Å². The molecular formula is C31H20F3N5O3. The van der Waals surface area contributed by atoms with Gasteiger partial charge in [0.1, 0.15) is 0 Å². The van der Waals surface area contributed by atoms with Crippen molar-refractivity contribution >= 4 is 33.7 Å². The molecule has 0 aliphatic heterocycles. The Bertz CT molecular complexity index is 2060. The summed E-state index contributed by atoms with van der Waals surface area (Å²) < 4.78 is 43.5. The van der Waals surface area contributed by atoms with Gasteiger partial charge in [0.25, 0.3) is 11.2 Å². The molecule has 0 unspecified atom stereocenters. The summed E-state index contributed by atoms with van der Waals surface area (Å²) in [6.45, 7) is 0.416. The van der Waals surface area contributed by atoms with Gasteiger partial charge in [-0.05, 0) is 35.9 Å². The molecule has 11 heteroatoms. The maximum Gasteiger partial charge on any atom is 0.416 e. The highest BCUT2D eigenvalue weighted by Crippen LogP contribution is 2.32. The van der Waals surface area contributed by atoms with Gasteiger partial charge in [-0.1, -0.05) is 54.6 Å². The Morgan fingerprint density at radius 3 is 2.36 bits per heavy atom. The van der Waals surface area contributed by atoms with E-state index < -0.39 is 22.2 Å². The van der Waals surface area contributed by atoms with Crippen molar-refractivity contribution in [2.24, 2.45) is 5.10 Å². The number of benzene rings is 4. The summed E-state index contributed by atoms with van der Waals surface area (Å²) in [6.07, 6.45) is -1.27. The molecule has 0 aliphatic carbocycles. The van der Waals surface area contributed by atoms with Gasteiger partial charge in [0.2, 0.25) is 0 Å². The molecule has 0 radical (unpaired) electrons. The van der Waals surface area contributed by atoms with Crippen LogP contribution < -0.4 is 5.56 Å². The van der Waals surface area contributed by atoms with Crippen molar-refractivity contribution < 1.29 is 18.1 Å². The zero-order valence-corrected chi connectivity index (χ0v) is 21.7.